The standard InChI is InChI=1S/C20H17FN2O3/c1-3-12-23-19(24)17(13-4-6-14(21)7-5-13)18(20(23)25)22-15-8-10-16(26-2)11-9-15/h3-11,22H,1,12H2,2H3. The van der Waals surface area contributed by atoms with Crippen LogP contribution in [0.2, 0.25) is 0 Å². The van der Waals surface area contributed by atoms with Gasteiger partial charge in [0, 0.05) is 12.2 Å². The number of carbonyl (C=O) groups is 2. The molecule has 1 heterocycles. The molecule has 1 N–H and O–H groups in total. The number of hydrogen-bond acceptors (Lipinski definition) is 4. The van der Waals surface area contributed by atoms with Crippen molar-refractivity contribution < 1.29 is 18.7 Å². The quantitative estimate of drug-likeness (QED) is 0.641. The molecule has 0 unspecified atom stereocenters. The van der Waals surface area contributed by atoms with Crippen LogP contribution in [0, 0.1) is 5.82 Å². The van der Waals surface area contributed by atoms with Crippen LogP contribution in [-0.2, 0) is 9.59 Å². The van der Waals surface area contributed by atoms with Gasteiger partial charge in [0.1, 0.15) is 17.3 Å². The summed E-state index contributed by atoms with van der Waals surface area (Å²) in [6, 6.07) is 12.4. The molecule has 2 aromatic rings. The van der Waals surface area contributed by atoms with Crippen LogP contribution >= 0.6 is 0 Å². The fourth-order valence-electron chi connectivity index (χ4n) is 2.69. The molecule has 1 aliphatic heterocycles. The number of nitrogens with one attached hydrogen (secondary N) is 1. The Balaban J connectivity index is 2.03. The largest absolute Gasteiger partial charge is 0.497 e. The van der Waals surface area contributed by atoms with Crippen molar-refractivity contribution in [1.29, 1.82) is 0 Å². The first kappa shape index (κ1) is 17.4. The number of anilines is 1. The summed E-state index contributed by atoms with van der Waals surface area (Å²) < 4.78 is 18.4. The summed E-state index contributed by atoms with van der Waals surface area (Å²) in [6.45, 7) is 3.68. The van der Waals surface area contributed by atoms with E-state index in [2.05, 4.69) is 11.9 Å². The lowest BCUT2D eigenvalue weighted by Gasteiger charge is -2.12. The second-order valence-electron chi connectivity index (χ2n) is 5.62. The molecule has 0 fully saturated rings. The van der Waals surface area contributed by atoms with E-state index in [1.807, 2.05) is 0 Å². The molecule has 0 bridgehead atoms. The van der Waals surface area contributed by atoms with Crippen molar-refractivity contribution in [3.63, 3.8) is 0 Å². The Kier molecular flexibility index (Phi) is 4.84. The zero-order valence-electron chi connectivity index (χ0n) is 14.2. The van der Waals surface area contributed by atoms with Crippen molar-refractivity contribution in [3.05, 3.63) is 78.3 Å². The number of ether oxygens (including phenoxy) is 1. The van der Waals surface area contributed by atoms with Crippen molar-refractivity contribution in [2.75, 3.05) is 19.0 Å². The van der Waals surface area contributed by atoms with Crippen LogP contribution in [0.3, 0.4) is 0 Å². The molecule has 0 atom stereocenters. The monoisotopic (exact) mass is 352 g/mol. The maximum Gasteiger partial charge on any atom is 0.278 e. The minimum Gasteiger partial charge on any atom is -0.497 e. The Morgan fingerprint density at radius 2 is 1.73 bits per heavy atom. The average Bonchev–Trinajstić information content (AvgIpc) is 2.88. The van der Waals surface area contributed by atoms with E-state index in [4.69, 9.17) is 4.74 Å². The van der Waals surface area contributed by atoms with E-state index >= 15 is 0 Å². The summed E-state index contributed by atoms with van der Waals surface area (Å²) in [4.78, 5) is 26.6. The molecule has 3 rings (SSSR count). The molecule has 0 radical (unpaired) electrons. The van der Waals surface area contributed by atoms with Gasteiger partial charge in [-0.05, 0) is 42.0 Å². The SMILES string of the molecule is C=CCN1C(=O)C(Nc2ccc(OC)cc2)=C(c2ccc(F)cc2)C1=O. The molecule has 0 spiro atoms. The van der Waals surface area contributed by atoms with Gasteiger partial charge in [-0.2, -0.15) is 0 Å². The van der Waals surface area contributed by atoms with Gasteiger partial charge < -0.3 is 10.1 Å². The molecule has 0 saturated heterocycles. The number of rotatable bonds is 6. The highest BCUT2D eigenvalue weighted by atomic mass is 19.1. The molecule has 2 amide bonds. The van der Waals surface area contributed by atoms with E-state index in [9.17, 15) is 14.0 Å². The smallest absolute Gasteiger partial charge is 0.278 e. The minimum absolute atomic E-state index is 0.0934. The van der Waals surface area contributed by atoms with Gasteiger partial charge in [0.15, 0.2) is 0 Å². The number of carbonyl (C=O) groups excluding carboxylic acids is 2. The summed E-state index contributed by atoms with van der Waals surface area (Å²) in [5.41, 5.74) is 1.44. The normalized spacial score (nSPS) is 14.0. The molecular formula is C20H17FN2O3. The predicted molar refractivity (Wildman–Crippen MR) is 96.9 cm³/mol. The summed E-state index contributed by atoms with van der Waals surface area (Å²) in [6.07, 6.45) is 1.48. The fraction of sp³-hybridized carbons (Fsp3) is 0.100. The van der Waals surface area contributed by atoms with Gasteiger partial charge >= 0.3 is 0 Å². The first-order chi connectivity index (χ1) is 12.5. The van der Waals surface area contributed by atoms with E-state index < -0.39 is 17.6 Å². The van der Waals surface area contributed by atoms with Crippen molar-refractivity contribution in [2.24, 2.45) is 0 Å². The highest BCUT2D eigenvalue weighted by molar-refractivity contribution is 6.36. The van der Waals surface area contributed by atoms with E-state index in [1.165, 1.54) is 30.3 Å². The van der Waals surface area contributed by atoms with Gasteiger partial charge in [-0.15, -0.1) is 6.58 Å². The van der Waals surface area contributed by atoms with Gasteiger partial charge in [-0.1, -0.05) is 18.2 Å². The lowest BCUT2D eigenvalue weighted by Crippen LogP contribution is -2.32. The van der Waals surface area contributed by atoms with Crippen LogP contribution < -0.4 is 10.1 Å². The molecule has 26 heavy (non-hydrogen) atoms. The van der Waals surface area contributed by atoms with Crippen LogP contribution in [0.4, 0.5) is 10.1 Å². The predicted octanol–water partition coefficient (Wildman–Crippen LogP) is 3.21. The van der Waals surface area contributed by atoms with Crippen LogP contribution in [0.5, 0.6) is 5.75 Å². The molecule has 132 valence electrons. The first-order valence-electron chi connectivity index (χ1n) is 7.93. The number of imide groups is 1. The average molecular weight is 352 g/mol. The van der Waals surface area contributed by atoms with Gasteiger partial charge in [0.2, 0.25) is 0 Å². The highest BCUT2D eigenvalue weighted by Crippen LogP contribution is 2.30. The van der Waals surface area contributed by atoms with Crippen LogP contribution in [0.1, 0.15) is 5.56 Å². The first-order valence-corrected chi connectivity index (χ1v) is 7.93. The maximum absolute atomic E-state index is 13.2. The molecule has 5 nitrogen and oxygen atoms in total. The molecule has 0 aliphatic carbocycles. The Labute approximate surface area is 150 Å². The van der Waals surface area contributed by atoms with E-state index in [1.54, 1.807) is 31.4 Å². The van der Waals surface area contributed by atoms with Crippen LogP contribution in [0.15, 0.2) is 66.9 Å². The van der Waals surface area contributed by atoms with Gasteiger partial charge in [-0.25, -0.2) is 4.39 Å². The number of nitrogens with zero attached hydrogens (tertiary/aromatic N) is 1. The van der Waals surface area contributed by atoms with Gasteiger partial charge in [-0.3, -0.25) is 14.5 Å². The van der Waals surface area contributed by atoms with Gasteiger partial charge in [0.25, 0.3) is 11.8 Å². The van der Waals surface area contributed by atoms with Crippen molar-refractivity contribution in [3.8, 4) is 5.75 Å². The lowest BCUT2D eigenvalue weighted by atomic mass is 10.0. The summed E-state index contributed by atoms with van der Waals surface area (Å²) in [5.74, 6) is -0.647. The molecule has 0 aromatic heterocycles. The lowest BCUT2D eigenvalue weighted by molar-refractivity contribution is -0.136. The zero-order valence-corrected chi connectivity index (χ0v) is 14.2. The molecule has 6 heteroatoms. The number of amides is 2. The zero-order chi connectivity index (χ0) is 18.7. The minimum atomic E-state index is -0.454. The maximum atomic E-state index is 13.2. The Morgan fingerprint density at radius 3 is 2.31 bits per heavy atom. The number of methoxy groups -OCH3 is 1. The summed E-state index contributed by atoms with van der Waals surface area (Å²) >= 11 is 0. The van der Waals surface area contributed by atoms with E-state index in [0.717, 1.165) is 4.90 Å². The van der Waals surface area contributed by atoms with Crippen molar-refractivity contribution >= 4 is 23.1 Å². The molecular weight excluding hydrogens is 335 g/mol. The fourth-order valence-corrected chi connectivity index (χ4v) is 2.69. The van der Waals surface area contributed by atoms with Crippen molar-refractivity contribution in [1.82, 2.24) is 4.90 Å². The Hall–Kier alpha value is -3.41. The summed E-state index contributed by atoms with van der Waals surface area (Å²) in [7, 11) is 1.56. The molecule has 1 aliphatic rings. The van der Waals surface area contributed by atoms with Crippen LogP contribution in [0.25, 0.3) is 5.57 Å². The Morgan fingerprint density at radius 1 is 1.08 bits per heavy atom. The summed E-state index contributed by atoms with van der Waals surface area (Å²) in [5, 5.41) is 3.01. The van der Waals surface area contributed by atoms with Crippen LogP contribution in [-0.4, -0.2) is 30.4 Å². The molecule has 2 aromatic carbocycles. The third-order valence-corrected chi connectivity index (χ3v) is 3.97. The number of hydrogen-bond donors (Lipinski definition) is 1. The van der Waals surface area contributed by atoms with Gasteiger partial charge in [0.05, 0.1) is 12.7 Å². The topological polar surface area (TPSA) is 58.6 Å². The highest BCUT2D eigenvalue weighted by Gasteiger charge is 2.38. The van der Waals surface area contributed by atoms with Crippen molar-refractivity contribution in [2.45, 2.75) is 0 Å². The third kappa shape index (κ3) is 3.21. The molecule has 0 saturated carbocycles. The second kappa shape index (κ2) is 7.23. The third-order valence-electron chi connectivity index (χ3n) is 3.97. The number of benzene rings is 2. The number of halogens is 1. The Bertz CT molecular complexity index is 886. The van der Waals surface area contributed by atoms with E-state index in [0.29, 0.717) is 17.0 Å². The second-order valence-corrected chi connectivity index (χ2v) is 5.62. The van der Waals surface area contributed by atoms with E-state index in [-0.39, 0.29) is 17.8 Å².